The van der Waals surface area contributed by atoms with Crippen molar-refractivity contribution in [2.75, 3.05) is 11.4 Å². The Balaban J connectivity index is 1.72. The normalized spacial score (nSPS) is 15.0. The van der Waals surface area contributed by atoms with Gasteiger partial charge in [0.25, 0.3) is 5.56 Å². The first-order chi connectivity index (χ1) is 14.7. The van der Waals surface area contributed by atoms with Crippen molar-refractivity contribution in [1.29, 1.82) is 0 Å². The predicted molar refractivity (Wildman–Crippen MR) is 106 cm³/mol. The highest BCUT2D eigenvalue weighted by molar-refractivity contribution is 6.33. The molecule has 1 atom stereocenters. The molecule has 162 valence electrons. The number of alkyl halides is 3. The second-order valence-corrected chi connectivity index (χ2v) is 7.58. The average Bonchev–Trinajstić information content (AvgIpc) is 2.73. The van der Waals surface area contributed by atoms with Gasteiger partial charge in [-0.3, -0.25) is 4.79 Å². The summed E-state index contributed by atoms with van der Waals surface area (Å²) in [5.74, 6) is -1.68. The fraction of sp³-hybridized carbons (Fsp3) is 0.300. The Morgan fingerprint density at radius 1 is 1.26 bits per heavy atom. The zero-order valence-electron chi connectivity index (χ0n) is 16.2. The lowest BCUT2D eigenvalue weighted by Gasteiger charge is -2.31. The van der Waals surface area contributed by atoms with Crippen LogP contribution in [-0.4, -0.2) is 26.7 Å². The summed E-state index contributed by atoms with van der Waals surface area (Å²) in [6.07, 6.45) is -1.53. The van der Waals surface area contributed by atoms with Gasteiger partial charge < -0.3 is 4.90 Å². The van der Waals surface area contributed by atoms with Crippen molar-refractivity contribution in [2.45, 2.75) is 32.0 Å². The van der Waals surface area contributed by atoms with Gasteiger partial charge in [0.1, 0.15) is 17.2 Å². The average molecular weight is 454 g/mol. The summed E-state index contributed by atoms with van der Waals surface area (Å²) in [4.78, 5) is 22.1. The van der Waals surface area contributed by atoms with Crippen LogP contribution in [0.3, 0.4) is 0 Å². The molecule has 0 saturated heterocycles. The maximum absolute atomic E-state index is 13.5. The van der Waals surface area contributed by atoms with Gasteiger partial charge in [-0.1, -0.05) is 24.6 Å². The molecule has 0 saturated carbocycles. The standard InChI is InChI=1S/C20H16ClF4N5O/c1-10(12-3-2-11(22)6-14(12)20(23,24)25)18-13-4-5-30(8-15(13)26-9-27-18)16-7-28-29-19(31)17(16)21/h2-3,6-7,9-10H,4-5,8H2,1H3,(H,29,31)/t10-/m0/s1. The molecule has 0 bridgehead atoms. The van der Waals surface area contributed by atoms with Crippen LogP contribution in [0.4, 0.5) is 23.2 Å². The van der Waals surface area contributed by atoms with Crippen LogP contribution >= 0.6 is 11.6 Å². The van der Waals surface area contributed by atoms with Gasteiger partial charge in [-0.15, -0.1) is 0 Å². The number of hydrogen-bond donors (Lipinski definition) is 1. The topological polar surface area (TPSA) is 74.8 Å². The van der Waals surface area contributed by atoms with E-state index in [-0.39, 0.29) is 17.1 Å². The summed E-state index contributed by atoms with van der Waals surface area (Å²) in [5.41, 5.74) is 0.662. The number of rotatable bonds is 3. The molecule has 2 aromatic heterocycles. The zero-order chi connectivity index (χ0) is 22.3. The summed E-state index contributed by atoms with van der Waals surface area (Å²) in [5, 5.41) is 6.02. The van der Waals surface area contributed by atoms with Crippen molar-refractivity contribution in [2.24, 2.45) is 0 Å². The van der Waals surface area contributed by atoms with E-state index >= 15 is 0 Å². The molecule has 0 aliphatic carbocycles. The fourth-order valence-corrected chi connectivity index (χ4v) is 4.06. The Labute approximate surface area is 178 Å². The number of fused-ring (bicyclic) bond motifs is 1. The lowest BCUT2D eigenvalue weighted by Crippen LogP contribution is -2.33. The molecule has 0 fully saturated rings. The molecule has 11 heteroatoms. The van der Waals surface area contributed by atoms with Crippen molar-refractivity contribution >= 4 is 17.3 Å². The van der Waals surface area contributed by atoms with Crippen LogP contribution in [0.2, 0.25) is 5.02 Å². The second kappa shape index (κ2) is 7.92. The summed E-state index contributed by atoms with van der Waals surface area (Å²) in [7, 11) is 0. The zero-order valence-corrected chi connectivity index (χ0v) is 16.9. The molecular formula is C20H16ClF4N5O. The first-order valence-electron chi connectivity index (χ1n) is 9.34. The van der Waals surface area contributed by atoms with E-state index in [9.17, 15) is 22.4 Å². The van der Waals surface area contributed by atoms with E-state index in [1.54, 1.807) is 6.92 Å². The quantitative estimate of drug-likeness (QED) is 0.605. The first kappa shape index (κ1) is 21.2. The van der Waals surface area contributed by atoms with Crippen LogP contribution in [0.1, 0.15) is 40.9 Å². The van der Waals surface area contributed by atoms with E-state index in [1.807, 2.05) is 4.90 Å². The van der Waals surface area contributed by atoms with Gasteiger partial charge in [-0.25, -0.2) is 19.5 Å². The first-order valence-corrected chi connectivity index (χ1v) is 9.72. The molecule has 1 N–H and O–H groups in total. The van der Waals surface area contributed by atoms with Gasteiger partial charge in [0.05, 0.1) is 35.4 Å². The number of halogens is 5. The lowest BCUT2D eigenvalue weighted by atomic mass is 9.88. The minimum absolute atomic E-state index is 0.00206. The van der Waals surface area contributed by atoms with Gasteiger partial charge >= 0.3 is 6.18 Å². The fourth-order valence-electron chi connectivity index (χ4n) is 3.85. The molecule has 1 aliphatic rings. The smallest absolute Gasteiger partial charge is 0.363 e. The van der Waals surface area contributed by atoms with Crippen LogP contribution in [0.25, 0.3) is 0 Å². The van der Waals surface area contributed by atoms with E-state index in [4.69, 9.17) is 11.6 Å². The predicted octanol–water partition coefficient (Wildman–Crippen LogP) is 4.09. The highest BCUT2D eigenvalue weighted by Gasteiger charge is 2.36. The minimum Gasteiger partial charge on any atom is -0.363 e. The highest BCUT2D eigenvalue weighted by Crippen LogP contribution is 2.39. The Morgan fingerprint density at radius 3 is 2.77 bits per heavy atom. The number of anilines is 1. The van der Waals surface area contributed by atoms with Crippen LogP contribution < -0.4 is 10.5 Å². The van der Waals surface area contributed by atoms with Crippen LogP contribution in [0, 0.1) is 5.82 Å². The molecule has 31 heavy (non-hydrogen) atoms. The molecule has 0 radical (unpaired) electrons. The maximum Gasteiger partial charge on any atom is 0.416 e. The molecular weight excluding hydrogens is 438 g/mol. The maximum atomic E-state index is 13.5. The Morgan fingerprint density at radius 2 is 2.03 bits per heavy atom. The van der Waals surface area contributed by atoms with E-state index < -0.39 is 29.0 Å². The summed E-state index contributed by atoms with van der Waals surface area (Å²) >= 11 is 6.09. The van der Waals surface area contributed by atoms with E-state index in [0.29, 0.717) is 36.1 Å². The number of nitrogens with zero attached hydrogens (tertiary/aromatic N) is 4. The van der Waals surface area contributed by atoms with Gasteiger partial charge in [-0.05, 0) is 29.7 Å². The number of H-pyrrole nitrogens is 1. The number of nitrogens with one attached hydrogen (secondary N) is 1. The lowest BCUT2D eigenvalue weighted by molar-refractivity contribution is -0.138. The Hall–Kier alpha value is -3.01. The van der Waals surface area contributed by atoms with Gasteiger partial charge in [0, 0.05) is 12.5 Å². The molecule has 6 nitrogen and oxygen atoms in total. The van der Waals surface area contributed by atoms with Crippen LogP contribution in [-0.2, 0) is 19.1 Å². The molecule has 4 rings (SSSR count). The van der Waals surface area contributed by atoms with Crippen molar-refractivity contribution < 1.29 is 17.6 Å². The molecule has 1 aliphatic heterocycles. The largest absolute Gasteiger partial charge is 0.416 e. The van der Waals surface area contributed by atoms with Crippen molar-refractivity contribution in [3.8, 4) is 0 Å². The highest BCUT2D eigenvalue weighted by atomic mass is 35.5. The second-order valence-electron chi connectivity index (χ2n) is 7.21. The molecule has 3 aromatic rings. The Kier molecular flexibility index (Phi) is 5.42. The van der Waals surface area contributed by atoms with E-state index in [0.717, 1.165) is 17.7 Å². The van der Waals surface area contributed by atoms with Crippen LogP contribution in [0.5, 0.6) is 0 Å². The van der Waals surface area contributed by atoms with Crippen LogP contribution in [0.15, 0.2) is 35.5 Å². The van der Waals surface area contributed by atoms with E-state index in [1.165, 1.54) is 12.5 Å². The monoisotopic (exact) mass is 453 g/mol. The number of benzene rings is 1. The van der Waals surface area contributed by atoms with Gasteiger partial charge in [0.15, 0.2) is 0 Å². The summed E-state index contributed by atoms with van der Waals surface area (Å²) in [6, 6.07) is 2.66. The van der Waals surface area contributed by atoms with Crippen molar-refractivity contribution in [3.63, 3.8) is 0 Å². The number of aromatic amines is 1. The molecule has 1 aromatic carbocycles. The summed E-state index contributed by atoms with van der Waals surface area (Å²) < 4.78 is 54.0. The molecule has 3 heterocycles. The van der Waals surface area contributed by atoms with Gasteiger partial charge in [-0.2, -0.15) is 18.3 Å². The Bertz CT molecular complexity index is 1200. The number of aromatic nitrogens is 4. The third-order valence-electron chi connectivity index (χ3n) is 5.36. The molecule has 0 amide bonds. The minimum atomic E-state index is -4.69. The van der Waals surface area contributed by atoms with Crippen molar-refractivity contribution in [3.05, 3.63) is 80.0 Å². The molecule has 0 spiro atoms. The third-order valence-corrected chi connectivity index (χ3v) is 5.72. The third kappa shape index (κ3) is 3.99. The van der Waals surface area contributed by atoms with E-state index in [2.05, 4.69) is 20.2 Å². The SMILES string of the molecule is C[C@@H](c1ccc(F)cc1C(F)(F)F)c1ncnc2c1CCN(c1cn[nH]c(=O)c1Cl)C2. The van der Waals surface area contributed by atoms with Gasteiger partial charge in [0.2, 0.25) is 0 Å². The molecule has 0 unspecified atom stereocenters. The van der Waals surface area contributed by atoms with Crippen molar-refractivity contribution in [1.82, 2.24) is 20.2 Å². The number of hydrogen-bond acceptors (Lipinski definition) is 5. The summed E-state index contributed by atoms with van der Waals surface area (Å²) in [6.45, 7) is 2.34.